The number of amides is 1. The molecule has 2 heterocycles. The van der Waals surface area contributed by atoms with Crippen LogP contribution in [0.1, 0.15) is 30.6 Å². The van der Waals surface area contributed by atoms with E-state index in [2.05, 4.69) is 5.32 Å². The van der Waals surface area contributed by atoms with Gasteiger partial charge in [-0.1, -0.05) is 49.4 Å². The maximum atomic E-state index is 13.1. The largest absolute Gasteiger partial charge is 0.467 e. The molecule has 1 aromatic rings. The maximum Gasteiger partial charge on any atom is 0.278 e. The topological polar surface area (TPSA) is 142 Å². The van der Waals surface area contributed by atoms with Gasteiger partial charge in [0.05, 0.1) is 0 Å². The summed E-state index contributed by atoms with van der Waals surface area (Å²) in [6.45, 7) is 3.13. The fourth-order valence-electron chi connectivity index (χ4n) is 3.81. The SMILES string of the molecule is CC/C=C/[C@H](O)[C@H](O)C1=C(C)C(=O)[C@]2(O1)C(=O)N[C@@](OC)(C(=O)c1ccccc1)[C@H]2O. The fourth-order valence-corrected chi connectivity index (χ4v) is 3.81. The quantitative estimate of drug-likeness (QED) is 0.269. The van der Waals surface area contributed by atoms with Crippen molar-refractivity contribution in [2.24, 2.45) is 0 Å². The highest BCUT2D eigenvalue weighted by atomic mass is 16.6. The zero-order valence-corrected chi connectivity index (χ0v) is 17.4. The summed E-state index contributed by atoms with van der Waals surface area (Å²) in [5, 5.41) is 34.0. The number of Topliss-reactive ketones (excluding diaryl/α,β-unsaturated/α-hetero) is 2. The number of ketones is 2. The number of hydrogen-bond donors (Lipinski definition) is 4. The molecule has 9 heteroatoms. The first-order valence-electron chi connectivity index (χ1n) is 9.80. The van der Waals surface area contributed by atoms with Crippen LogP contribution in [0.3, 0.4) is 0 Å². The van der Waals surface area contributed by atoms with Crippen molar-refractivity contribution in [3.63, 3.8) is 0 Å². The molecule has 3 rings (SSSR count). The molecule has 166 valence electrons. The summed E-state index contributed by atoms with van der Waals surface area (Å²) in [5.41, 5.74) is -4.83. The number of ether oxygens (including phenoxy) is 2. The van der Waals surface area contributed by atoms with E-state index < -0.39 is 47.1 Å². The Morgan fingerprint density at radius 3 is 2.52 bits per heavy atom. The Morgan fingerprint density at radius 1 is 1.29 bits per heavy atom. The summed E-state index contributed by atoms with van der Waals surface area (Å²) in [5.74, 6) is -3.15. The number of carbonyl (C=O) groups is 3. The van der Waals surface area contributed by atoms with E-state index in [4.69, 9.17) is 9.47 Å². The van der Waals surface area contributed by atoms with E-state index in [-0.39, 0.29) is 16.9 Å². The molecule has 4 N–H and O–H groups in total. The molecule has 1 spiro atoms. The molecule has 0 radical (unpaired) electrons. The molecule has 1 amide bonds. The first-order valence-corrected chi connectivity index (χ1v) is 9.80. The summed E-state index contributed by atoms with van der Waals surface area (Å²) in [4.78, 5) is 39.2. The summed E-state index contributed by atoms with van der Waals surface area (Å²) < 4.78 is 10.8. The smallest absolute Gasteiger partial charge is 0.278 e. The normalized spacial score (nSPS) is 30.1. The van der Waals surface area contributed by atoms with E-state index in [9.17, 15) is 29.7 Å². The Kier molecular flexibility index (Phi) is 6.15. The summed E-state index contributed by atoms with van der Waals surface area (Å²) in [7, 11) is 1.11. The minimum absolute atomic E-state index is 0.135. The van der Waals surface area contributed by atoms with Crippen LogP contribution < -0.4 is 5.32 Å². The zero-order valence-electron chi connectivity index (χ0n) is 17.4. The third-order valence-corrected chi connectivity index (χ3v) is 5.58. The molecule has 5 atom stereocenters. The average molecular weight is 431 g/mol. The third kappa shape index (κ3) is 3.30. The zero-order chi connectivity index (χ0) is 23.0. The van der Waals surface area contributed by atoms with Crippen molar-refractivity contribution in [2.45, 2.75) is 49.9 Å². The van der Waals surface area contributed by atoms with Gasteiger partial charge in [0.25, 0.3) is 11.5 Å². The van der Waals surface area contributed by atoms with E-state index >= 15 is 0 Å². The van der Waals surface area contributed by atoms with Crippen molar-refractivity contribution in [1.29, 1.82) is 0 Å². The Balaban J connectivity index is 1.99. The lowest BCUT2D eigenvalue weighted by Gasteiger charge is -2.32. The van der Waals surface area contributed by atoms with Gasteiger partial charge in [0.15, 0.2) is 6.10 Å². The van der Waals surface area contributed by atoms with Crippen molar-refractivity contribution >= 4 is 17.5 Å². The minimum Gasteiger partial charge on any atom is -0.467 e. The predicted molar refractivity (Wildman–Crippen MR) is 108 cm³/mol. The van der Waals surface area contributed by atoms with Crippen molar-refractivity contribution in [1.82, 2.24) is 5.32 Å². The first-order chi connectivity index (χ1) is 14.7. The van der Waals surface area contributed by atoms with Gasteiger partial charge < -0.3 is 30.1 Å². The number of nitrogens with one attached hydrogen (secondary N) is 1. The van der Waals surface area contributed by atoms with Gasteiger partial charge in [-0.3, -0.25) is 14.4 Å². The van der Waals surface area contributed by atoms with Crippen LogP contribution in [0.2, 0.25) is 0 Å². The number of aliphatic hydroxyl groups excluding tert-OH is 3. The van der Waals surface area contributed by atoms with Gasteiger partial charge in [0.2, 0.25) is 17.3 Å². The summed E-state index contributed by atoms with van der Waals surface area (Å²) >= 11 is 0. The number of methoxy groups -OCH3 is 1. The summed E-state index contributed by atoms with van der Waals surface area (Å²) in [6, 6.07) is 7.82. The number of rotatable bonds is 7. The molecule has 0 saturated carbocycles. The van der Waals surface area contributed by atoms with E-state index in [1.165, 1.54) is 25.1 Å². The van der Waals surface area contributed by atoms with E-state index in [0.29, 0.717) is 6.42 Å². The van der Waals surface area contributed by atoms with Crippen molar-refractivity contribution in [2.75, 3.05) is 7.11 Å². The Morgan fingerprint density at radius 2 is 1.94 bits per heavy atom. The van der Waals surface area contributed by atoms with Gasteiger partial charge >= 0.3 is 0 Å². The van der Waals surface area contributed by atoms with Gasteiger partial charge in [-0.15, -0.1) is 0 Å². The Hall–Kier alpha value is -2.85. The maximum absolute atomic E-state index is 13.1. The van der Waals surface area contributed by atoms with Crippen LogP contribution in [0, 0.1) is 0 Å². The lowest BCUT2D eigenvalue weighted by molar-refractivity contribution is -0.163. The van der Waals surface area contributed by atoms with Gasteiger partial charge in [0, 0.05) is 18.2 Å². The molecule has 2 aliphatic heterocycles. The van der Waals surface area contributed by atoms with Crippen LogP contribution >= 0.6 is 0 Å². The molecule has 0 aromatic heterocycles. The van der Waals surface area contributed by atoms with E-state index in [1.54, 1.807) is 24.3 Å². The predicted octanol–water partition coefficient (Wildman–Crippen LogP) is 0.00280. The minimum atomic E-state index is -2.53. The van der Waals surface area contributed by atoms with Gasteiger partial charge in [-0.05, 0) is 13.3 Å². The van der Waals surface area contributed by atoms with Gasteiger partial charge in [0.1, 0.15) is 18.0 Å². The van der Waals surface area contributed by atoms with Crippen molar-refractivity contribution < 1.29 is 39.2 Å². The molecule has 9 nitrogen and oxygen atoms in total. The van der Waals surface area contributed by atoms with E-state index in [1.807, 2.05) is 6.92 Å². The highest BCUT2D eigenvalue weighted by Crippen LogP contribution is 2.44. The monoisotopic (exact) mass is 431 g/mol. The molecule has 0 unspecified atom stereocenters. The second-order valence-corrected chi connectivity index (χ2v) is 7.42. The number of aliphatic hydroxyl groups is 3. The van der Waals surface area contributed by atoms with Crippen LogP contribution in [0.5, 0.6) is 0 Å². The molecule has 1 saturated heterocycles. The van der Waals surface area contributed by atoms with Crippen molar-refractivity contribution in [3.05, 3.63) is 59.4 Å². The molecular formula is C22H25NO8. The van der Waals surface area contributed by atoms with Gasteiger partial charge in [-0.25, -0.2) is 0 Å². The van der Waals surface area contributed by atoms with Crippen LogP contribution in [-0.2, 0) is 19.1 Å². The van der Waals surface area contributed by atoms with Crippen LogP contribution in [-0.4, -0.2) is 69.5 Å². The van der Waals surface area contributed by atoms with Crippen LogP contribution in [0.4, 0.5) is 0 Å². The Labute approximate surface area is 179 Å². The number of hydrogen-bond acceptors (Lipinski definition) is 8. The molecule has 1 fully saturated rings. The molecule has 31 heavy (non-hydrogen) atoms. The number of carbonyl (C=O) groups excluding carboxylic acids is 3. The molecule has 2 aliphatic rings. The third-order valence-electron chi connectivity index (χ3n) is 5.58. The lowest BCUT2D eigenvalue weighted by Crippen LogP contribution is -2.60. The van der Waals surface area contributed by atoms with E-state index in [0.717, 1.165) is 7.11 Å². The number of allylic oxidation sites excluding steroid dienone is 1. The fraction of sp³-hybridized carbons (Fsp3) is 0.409. The number of benzene rings is 1. The second kappa shape index (κ2) is 8.35. The molecule has 1 aromatic carbocycles. The summed E-state index contributed by atoms with van der Waals surface area (Å²) in [6.07, 6.45) is -1.60. The van der Waals surface area contributed by atoms with Crippen LogP contribution in [0.15, 0.2) is 53.8 Å². The standard InChI is InChI=1S/C22H25NO8/c1-4-5-11-14(24)15(25)16-12(2)17(26)21(31-16)19(28)22(30-3,23-20(21)29)18(27)13-9-7-6-8-10-13/h5-11,14-15,19,24-25,28H,4H2,1-3H3,(H,23,29)/b11-5+/t14-,15-,19-,21+,22+/m0/s1. The highest BCUT2D eigenvalue weighted by molar-refractivity contribution is 6.23. The highest BCUT2D eigenvalue weighted by Gasteiger charge is 2.74. The van der Waals surface area contributed by atoms with Gasteiger partial charge in [-0.2, -0.15) is 0 Å². The molecule has 0 bridgehead atoms. The van der Waals surface area contributed by atoms with Crippen LogP contribution in [0.25, 0.3) is 0 Å². The second-order valence-electron chi connectivity index (χ2n) is 7.42. The molecular weight excluding hydrogens is 406 g/mol. The first kappa shape index (κ1) is 22.8. The Bertz CT molecular complexity index is 956. The lowest BCUT2D eigenvalue weighted by atomic mass is 9.85. The molecule has 0 aliphatic carbocycles. The average Bonchev–Trinajstić information content (AvgIpc) is 3.18. The van der Waals surface area contributed by atoms with Crippen molar-refractivity contribution in [3.8, 4) is 0 Å².